The Morgan fingerprint density at radius 1 is 1.22 bits per heavy atom. The Morgan fingerprint density at radius 2 is 1.91 bits per heavy atom. The summed E-state index contributed by atoms with van der Waals surface area (Å²) in [5.41, 5.74) is 0.911. The number of hydrogen-bond donors (Lipinski definition) is 1. The van der Waals surface area contributed by atoms with Gasteiger partial charge < -0.3 is 4.74 Å². The molecule has 1 aromatic carbocycles. The summed E-state index contributed by atoms with van der Waals surface area (Å²) in [7, 11) is -1.87. The molecule has 1 atom stereocenters. The minimum Gasteiger partial charge on any atom is -0.496 e. The maximum absolute atomic E-state index is 12.5. The summed E-state index contributed by atoms with van der Waals surface area (Å²) in [6.07, 6.45) is 4.33. The van der Waals surface area contributed by atoms with Crippen LogP contribution >= 0.6 is 0 Å². The van der Waals surface area contributed by atoms with E-state index < -0.39 is 10.0 Å². The molecule has 0 unspecified atom stereocenters. The first-order valence-electron chi connectivity index (χ1n) is 8.53. The lowest BCUT2D eigenvalue weighted by atomic mass is 10.00. The molecule has 0 aromatic heterocycles. The first-order chi connectivity index (χ1) is 10.9. The van der Waals surface area contributed by atoms with Gasteiger partial charge in [0.05, 0.1) is 12.0 Å². The Hall–Kier alpha value is -1.07. The van der Waals surface area contributed by atoms with E-state index in [1.54, 1.807) is 25.3 Å². The molecule has 4 nitrogen and oxygen atoms in total. The summed E-state index contributed by atoms with van der Waals surface area (Å²) in [4.78, 5) is 0.312. The molecule has 0 aliphatic carbocycles. The van der Waals surface area contributed by atoms with E-state index in [4.69, 9.17) is 4.74 Å². The zero-order chi connectivity index (χ0) is 17.5. The van der Waals surface area contributed by atoms with Crippen molar-refractivity contribution in [1.29, 1.82) is 0 Å². The molecule has 0 amide bonds. The minimum atomic E-state index is -3.48. The summed E-state index contributed by atoms with van der Waals surface area (Å²) in [5, 5.41) is 0. The fraction of sp³-hybridized carbons (Fsp3) is 0.667. The second-order valence-corrected chi connectivity index (χ2v) is 8.09. The van der Waals surface area contributed by atoms with Crippen LogP contribution in [0.15, 0.2) is 23.1 Å². The second-order valence-electron chi connectivity index (χ2n) is 6.33. The van der Waals surface area contributed by atoms with Crippen molar-refractivity contribution in [2.45, 2.75) is 64.2 Å². The Balaban J connectivity index is 2.89. The van der Waals surface area contributed by atoms with Gasteiger partial charge in [0.25, 0.3) is 0 Å². The van der Waals surface area contributed by atoms with Crippen molar-refractivity contribution in [2.75, 3.05) is 13.7 Å². The second kappa shape index (κ2) is 9.28. The van der Waals surface area contributed by atoms with E-state index in [9.17, 15) is 8.42 Å². The number of unbranched alkanes of at least 4 members (excludes halogenated alkanes) is 1. The number of methoxy groups -OCH3 is 1. The summed E-state index contributed by atoms with van der Waals surface area (Å²) < 4.78 is 33.2. The Labute approximate surface area is 141 Å². The van der Waals surface area contributed by atoms with Gasteiger partial charge in [0.15, 0.2) is 0 Å². The summed E-state index contributed by atoms with van der Waals surface area (Å²) >= 11 is 0. The molecule has 0 radical (unpaired) electrons. The van der Waals surface area contributed by atoms with Crippen molar-refractivity contribution in [3.8, 4) is 5.75 Å². The maximum Gasteiger partial charge on any atom is 0.240 e. The van der Waals surface area contributed by atoms with Crippen molar-refractivity contribution in [3.63, 3.8) is 0 Å². The average Bonchev–Trinajstić information content (AvgIpc) is 2.54. The van der Waals surface area contributed by atoms with Crippen molar-refractivity contribution in [2.24, 2.45) is 5.92 Å². The van der Waals surface area contributed by atoms with Gasteiger partial charge in [0.2, 0.25) is 10.0 Å². The molecular weight excluding hydrogens is 310 g/mol. The molecule has 23 heavy (non-hydrogen) atoms. The lowest BCUT2D eigenvalue weighted by molar-refractivity contribution is 0.407. The zero-order valence-corrected chi connectivity index (χ0v) is 15.9. The van der Waals surface area contributed by atoms with Crippen molar-refractivity contribution >= 4 is 10.0 Å². The molecule has 5 heteroatoms. The first kappa shape index (κ1) is 20.0. The van der Waals surface area contributed by atoms with E-state index in [1.165, 1.54) is 0 Å². The monoisotopic (exact) mass is 341 g/mol. The van der Waals surface area contributed by atoms with E-state index in [-0.39, 0.29) is 5.92 Å². The van der Waals surface area contributed by atoms with Crippen LogP contribution in [0.5, 0.6) is 5.75 Å². The topological polar surface area (TPSA) is 55.4 Å². The van der Waals surface area contributed by atoms with Crippen molar-refractivity contribution < 1.29 is 13.2 Å². The minimum absolute atomic E-state index is 0.202. The number of nitrogens with one attached hydrogen (secondary N) is 1. The number of sulfonamides is 1. The first-order valence-corrected chi connectivity index (χ1v) is 10.0. The van der Waals surface area contributed by atoms with Gasteiger partial charge in [-0.2, -0.15) is 0 Å². The third-order valence-corrected chi connectivity index (χ3v) is 5.66. The van der Waals surface area contributed by atoms with Gasteiger partial charge in [-0.25, -0.2) is 13.1 Å². The quantitative estimate of drug-likeness (QED) is 0.690. The molecule has 0 aliphatic rings. The molecule has 0 heterocycles. The molecule has 0 fully saturated rings. The standard InChI is InChI=1S/C18H31NO3S/c1-6-8-9-15(7-2)13-19-23(20,21)16-10-11-18(22-5)17(12-16)14(3)4/h10-12,14-15,19H,6-9,13H2,1-5H3/t15-/m1/s1. The normalized spacial score (nSPS) is 13.3. The average molecular weight is 342 g/mol. The van der Waals surface area contributed by atoms with Crippen LogP contribution < -0.4 is 9.46 Å². The number of benzene rings is 1. The third kappa shape index (κ3) is 5.81. The van der Waals surface area contributed by atoms with Gasteiger partial charge in [0, 0.05) is 6.54 Å². The van der Waals surface area contributed by atoms with Crippen LogP contribution in [-0.4, -0.2) is 22.1 Å². The number of ether oxygens (including phenoxy) is 1. The SMILES string of the molecule is CCCC[C@@H](CC)CNS(=O)(=O)c1ccc(OC)c(C(C)C)c1. The van der Waals surface area contributed by atoms with Crippen LogP contribution in [0, 0.1) is 5.92 Å². The molecular formula is C18H31NO3S. The van der Waals surface area contributed by atoms with Crippen LogP contribution in [0.2, 0.25) is 0 Å². The van der Waals surface area contributed by atoms with Crippen LogP contribution in [0.4, 0.5) is 0 Å². The highest BCUT2D eigenvalue weighted by Crippen LogP contribution is 2.28. The van der Waals surface area contributed by atoms with Gasteiger partial charge in [-0.15, -0.1) is 0 Å². The molecule has 0 saturated heterocycles. The smallest absolute Gasteiger partial charge is 0.240 e. The third-order valence-electron chi connectivity index (χ3n) is 4.24. The fourth-order valence-corrected chi connectivity index (χ4v) is 3.74. The highest BCUT2D eigenvalue weighted by molar-refractivity contribution is 7.89. The highest BCUT2D eigenvalue weighted by Gasteiger charge is 2.19. The van der Waals surface area contributed by atoms with Crippen molar-refractivity contribution in [1.82, 2.24) is 4.72 Å². The summed E-state index contributed by atoms with van der Waals surface area (Å²) in [6.45, 7) is 8.82. The molecule has 0 bridgehead atoms. The largest absolute Gasteiger partial charge is 0.496 e. The predicted molar refractivity (Wildman–Crippen MR) is 95.6 cm³/mol. The zero-order valence-electron chi connectivity index (χ0n) is 15.1. The highest BCUT2D eigenvalue weighted by atomic mass is 32.2. The number of rotatable bonds is 10. The lowest BCUT2D eigenvalue weighted by Crippen LogP contribution is -2.29. The van der Waals surface area contributed by atoms with Gasteiger partial charge in [-0.1, -0.05) is 47.0 Å². The molecule has 1 aromatic rings. The Morgan fingerprint density at radius 3 is 2.43 bits per heavy atom. The van der Waals surface area contributed by atoms with Gasteiger partial charge in [-0.3, -0.25) is 0 Å². The van der Waals surface area contributed by atoms with E-state index in [0.29, 0.717) is 17.4 Å². The molecule has 1 N–H and O–H groups in total. The fourth-order valence-electron chi connectivity index (χ4n) is 2.58. The summed E-state index contributed by atoms with van der Waals surface area (Å²) in [5.74, 6) is 1.33. The number of hydrogen-bond acceptors (Lipinski definition) is 3. The predicted octanol–water partition coefficient (Wildman–Crippen LogP) is 4.31. The van der Waals surface area contributed by atoms with Gasteiger partial charge >= 0.3 is 0 Å². The lowest BCUT2D eigenvalue weighted by Gasteiger charge is -2.17. The Kier molecular flexibility index (Phi) is 8.06. The van der Waals surface area contributed by atoms with E-state index >= 15 is 0 Å². The Bertz CT molecular complexity index is 582. The van der Waals surface area contributed by atoms with Crippen molar-refractivity contribution in [3.05, 3.63) is 23.8 Å². The molecule has 0 saturated carbocycles. The molecule has 132 valence electrons. The molecule has 0 spiro atoms. The van der Waals surface area contributed by atoms with Crippen LogP contribution in [-0.2, 0) is 10.0 Å². The van der Waals surface area contributed by atoms with Gasteiger partial charge in [-0.05, 0) is 42.0 Å². The van der Waals surface area contributed by atoms with E-state index in [1.807, 2.05) is 13.8 Å². The van der Waals surface area contributed by atoms with E-state index in [2.05, 4.69) is 18.6 Å². The van der Waals surface area contributed by atoms with E-state index in [0.717, 1.165) is 37.0 Å². The van der Waals surface area contributed by atoms with Gasteiger partial charge in [0.1, 0.15) is 5.75 Å². The molecule has 1 rings (SSSR count). The maximum atomic E-state index is 12.5. The molecule has 0 aliphatic heterocycles. The van der Waals surface area contributed by atoms with Crippen LogP contribution in [0.1, 0.15) is 64.9 Å². The van der Waals surface area contributed by atoms with Crippen LogP contribution in [0.3, 0.4) is 0 Å². The van der Waals surface area contributed by atoms with Crippen LogP contribution in [0.25, 0.3) is 0 Å². The summed E-state index contributed by atoms with van der Waals surface area (Å²) in [6, 6.07) is 5.07.